The third kappa shape index (κ3) is 3.70. The van der Waals surface area contributed by atoms with Gasteiger partial charge in [-0.2, -0.15) is 18.4 Å². The zero-order valence-electron chi connectivity index (χ0n) is 17.9. The van der Waals surface area contributed by atoms with Crippen molar-refractivity contribution in [2.75, 3.05) is 28.3 Å². The van der Waals surface area contributed by atoms with Crippen molar-refractivity contribution in [3.05, 3.63) is 47.3 Å². The second-order valence-electron chi connectivity index (χ2n) is 8.26. The van der Waals surface area contributed by atoms with Crippen LogP contribution in [-0.4, -0.2) is 40.9 Å². The highest BCUT2D eigenvalue weighted by molar-refractivity contribution is 7.81. The van der Waals surface area contributed by atoms with Crippen molar-refractivity contribution in [2.45, 2.75) is 31.7 Å². The van der Waals surface area contributed by atoms with E-state index in [2.05, 4.69) is 5.32 Å². The molecule has 2 aliphatic rings. The number of thiocarbonyl (C=S) groups is 1. The van der Waals surface area contributed by atoms with Gasteiger partial charge in [-0.3, -0.25) is 9.69 Å². The molecule has 1 saturated heterocycles. The number of ether oxygens (including phenoxy) is 1. The quantitative estimate of drug-likeness (QED) is 0.496. The van der Waals surface area contributed by atoms with Crippen LogP contribution in [0.25, 0.3) is 0 Å². The van der Waals surface area contributed by atoms with Crippen LogP contribution in [0.3, 0.4) is 0 Å². The maximum Gasteiger partial charge on any atom is 0.417 e. The molecule has 4 rings (SSSR count). The minimum absolute atomic E-state index is 0.184. The molecular formula is C22H18F4N4O3S. The molecule has 2 heterocycles. The smallest absolute Gasteiger partial charge is 0.417 e. The van der Waals surface area contributed by atoms with Crippen LogP contribution in [-0.2, 0) is 11.0 Å². The topological polar surface area (TPSA) is 88.8 Å². The average molecular weight is 494 g/mol. The van der Waals surface area contributed by atoms with E-state index >= 15 is 0 Å². The first-order chi connectivity index (χ1) is 15.9. The molecule has 34 heavy (non-hydrogen) atoms. The number of benzene rings is 2. The third-order valence-corrected chi connectivity index (χ3v) is 6.03. The van der Waals surface area contributed by atoms with Crippen LogP contribution in [0.5, 0.6) is 5.75 Å². The summed E-state index contributed by atoms with van der Waals surface area (Å²) in [5.41, 5.74) is -3.34. The van der Waals surface area contributed by atoms with Gasteiger partial charge in [0, 0.05) is 5.69 Å². The number of nitrogens with zero attached hydrogens (tertiary/aromatic N) is 3. The van der Waals surface area contributed by atoms with Gasteiger partial charge in [-0.05, 0) is 56.4 Å². The molecule has 0 aliphatic carbocycles. The van der Waals surface area contributed by atoms with E-state index in [0.29, 0.717) is 40.7 Å². The fourth-order valence-corrected chi connectivity index (χ4v) is 4.46. The monoisotopic (exact) mass is 494 g/mol. The number of amides is 1. The van der Waals surface area contributed by atoms with Gasteiger partial charge < -0.3 is 20.1 Å². The first kappa shape index (κ1) is 23.7. The number of nitrogens with one attached hydrogen (secondary N) is 1. The van der Waals surface area contributed by atoms with Gasteiger partial charge >= 0.3 is 6.18 Å². The van der Waals surface area contributed by atoms with E-state index in [9.17, 15) is 27.5 Å². The molecule has 1 fully saturated rings. The molecule has 7 nitrogen and oxygen atoms in total. The maximum atomic E-state index is 14.8. The zero-order valence-corrected chi connectivity index (χ0v) is 18.7. The molecule has 1 amide bonds. The summed E-state index contributed by atoms with van der Waals surface area (Å²) in [5, 5.41) is 21.2. The van der Waals surface area contributed by atoms with Gasteiger partial charge in [-0.15, -0.1) is 0 Å². The number of rotatable bonds is 3. The first-order valence-electron chi connectivity index (χ1n) is 10.0. The Kier molecular flexibility index (Phi) is 5.65. The highest BCUT2D eigenvalue weighted by Crippen LogP contribution is 2.42. The lowest BCUT2D eigenvalue weighted by Gasteiger charge is -2.32. The summed E-state index contributed by atoms with van der Waals surface area (Å²) < 4.78 is 60.9. The number of carbonyl (C=O) groups excluding carboxylic acids is 1. The molecule has 12 heteroatoms. The largest absolute Gasteiger partial charge is 0.484 e. The number of hydrogen-bond acceptors (Lipinski definition) is 6. The summed E-state index contributed by atoms with van der Waals surface area (Å²) in [4.78, 5) is 15.4. The number of fused-ring (bicyclic) bond motifs is 1. The second-order valence-corrected chi connectivity index (χ2v) is 8.63. The SMILES string of the molecule is CC1(C)C(=O)N(c2cc(C(F)(F)F)c(C#N)cc2F)C(=S)N1c1ccc2c(c1)NCC(CO)O2. The van der Waals surface area contributed by atoms with Gasteiger partial charge in [0.05, 0.1) is 41.7 Å². The van der Waals surface area contributed by atoms with Gasteiger partial charge in [0.2, 0.25) is 0 Å². The van der Waals surface area contributed by atoms with Gasteiger partial charge in [0.1, 0.15) is 23.2 Å². The van der Waals surface area contributed by atoms with Crippen molar-refractivity contribution < 1.29 is 32.2 Å². The van der Waals surface area contributed by atoms with Gasteiger partial charge in [-0.25, -0.2) is 4.39 Å². The maximum absolute atomic E-state index is 14.8. The van der Waals surface area contributed by atoms with E-state index in [1.165, 1.54) is 24.8 Å². The highest BCUT2D eigenvalue weighted by Gasteiger charge is 2.51. The Hall–Kier alpha value is -3.43. The molecule has 0 radical (unpaired) electrons. The van der Waals surface area contributed by atoms with Crippen LogP contribution >= 0.6 is 12.2 Å². The number of anilines is 3. The number of halogens is 4. The molecule has 2 aromatic rings. The Labute approximate surface area is 197 Å². The fraction of sp³-hybridized carbons (Fsp3) is 0.318. The number of carbonyl (C=O) groups is 1. The highest BCUT2D eigenvalue weighted by atomic mass is 32.1. The molecule has 178 valence electrons. The summed E-state index contributed by atoms with van der Waals surface area (Å²) in [7, 11) is 0. The van der Waals surface area contributed by atoms with E-state index in [-0.39, 0.29) is 11.7 Å². The van der Waals surface area contributed by atoms with Gasteiger partial charge in [-0.1, -0.05) is 0 Å². The Morgan fingerprint density at radius 2 is 2.03 bits per heavy atom. The van der Waals surface area contributed by atoms with Crippen LogP contribution in [0.15, 0.2) is 30.3 Å². The van der Waals surface area contributed by atoms with Crippen LogP contribution in [0.2, 0.25) is 0 Å². The van der Waals surface area contributed by atoms with Crippen LogP contribution < -0.4 is 19.9 Å². The molecule has 1 atom stereocenters. The average Bonchev–Trinajstić information content (AvgIpc) is 2.95. The van der Waals surface area contributed by atoms with Crippen LogP contribution in [0, 0.1) is 17.1 Å². The minimum atomic E-state index is -4.94. The van der Waals surface area contributed by atoms with Crippen molar-refractivity contribution in [3.63, 3.8) is 0 Å². The van der Waals surface area contributed by atoms with Crippen molar-refractivity contribution in [3.8, 4) is 11.8 Å². The molecule has 0 spiro atoms. The molecule has 2 N–H and O–H groups in total. The van der Waals surface area contributed by atoms with Crippen molar-refractivity contribution in [2.24, 2.45) is 0 Å². The molecule has 0 aromatic heterocycles. The Bertz CT molecular complexity index is 1240. The van der Waals surface area contributed by atoms with E-state index in [4.69, 9.17) is 22.2 Å². The number of aliphatic hydroxyl groups excluding tert-OH is 1. The van der Waals surface area contributed by atoms with E-state index in [1.54, 1.807) is 18.2 Å². The minimum Gasteiger partial charge on any atom is -0.484 e. The molecule has 2 aromatic carbocycles. The second kappa shape index (κ2) is 8.11. The van der Waals surface area contributed by atoms with E-state index in [0.717, 1.165) is 0 Å². The van der Waals surface area contributed by atoms with Crippen molar-refractivity contribution >= 4 is 40.3 Å². The normalized spacial score (nSPS) is 19.4. The lowest BCUT2D eigenvalue weighted by Crippen LogP contribution is -2.44. The van der Waals surface area contributed by atoms with Crippen molar-refractivity contribution in [1.29, 1.82) is 5.26 Å². The Morgan fingerprint density at radius 3 is 2.65 bits per heavy atom. The van der Waals surface area contributed by atoms with E-state index < -0.39 is 46.4 Å². The fourth-order valence-electron chi connectivity index (χ4n) is 3.95. The molecule has 0 saturated carbocycles. The molecule has 0 bridgehead atoms. The Balaban J connectivity index is 1.78. The van der Waals surface area contributed by atoms with Gasteiger partial charge in [0.15, 0.2) is 5.11 Å². The van der Waals surface area contributed by atoms with Crippen LogP contribution in [0.4, 0.5) is 34.6 Å². The number of hydrogen-bond donors (Lipinski definition) is 2. The van der Waals surface area contributed by atoms with Gasteiger partial charge in [0.25, 0.3) is 5.91 Å². The summed E-state index contributed by atoms with van der Waals surface area (Å²) in [6.07, 6.45) is -5.37. The third-order valence-electron chi connectivity index (χ3n) is 5.66. The molecular weight excluding hydrogens is 476 g/mol. The number of aliphatic hydroxyl groups is 1. The predicted octanol–water partition coefficient (Wildman–Crippen LogP) is 3.80. The first-order valence-corrected chi connectivity index (χ1v) is 10.5. The summed E-state index contributed by atoms with van der Waals surface area (Å²) >= 11 is 5.44. The summed E-state index contributed by atoms with van der Waals surface area (Å²) in [6, 6.07) is 7.05. The number of alkyl halides is 3. The predicted molar refractivity (Wildman–Crippen MR) is 119 cm³/mol. The van der Waals surface area contributed by atoms with Crippen molar-refractivity contribution in [1.82, 2.24) is 0 Å². The zero-order chi connectivity index (χ0) is 25.0. The molecule has 1 unspecified atom stereocenters. The lowest BCUT2D eigenvalue weighted by molar-refractivity contribution is -0.137. The molecule has 2 aliphatic heterocycles. The summed E-state index contributed by atoms with van der Waals surface area (Å²) in [5.74, 6) is -1.46. The standard InChI is InChI=1S/C22H18F4N4O3S/c1-21(2)19(32)29(17-7-14(22(24,25)26)11(8-27)5-15(17)23)20(34)30(21)12-3-4-18-16(6-12)28-9-13(10-31)33-18/h3-7,13,28,31H,9-10H2,1-2H3. The Morgan fingerprint density at radius 1 is 1.32 bits per heavy atom. The van der Waals surface area contributed by atoms with E-state index in [1.807, 2.05) is 0 Å². The lowest BCUT2D eigenvalue weighted by atomic mass is 10.0. The van der Waals surface area contributed by atoms with Crippen LogP contribution in [0.1, 0.15) is 25.0 Å². The number of nitriles is 1. The summed E-state index contributed by atoms with van der Waals surface area (Å²) in [6.45, 7) is 3.18.